The highest BCUT2D eigenvalue weighted by atomic mass is 31.2. The number of carbonyl (C=O) groups is 2. The first kappa shape index (κ1) is 70.6. The minimum absolute atomic E-state index is 0.0132. The molecule has 2 aliphatic carbocycles. The van der Waals surface area contributed by atoms with Crippen LogP contribution < -0.4 is 41.4 Å². The van der Waals surface area contributed by atoms with Gasteiger partial charge in [0.1, 0.15) is 40.9 Å². The number of hydrogen-bond donors (Lipinski definition) is 8. The molecule has 6 aromatic rings. The number of ether oxygens (including phenoxy) is 2. The van der Waals surface area contributed by atoms with Gasteiger partial charge in [-0.3, -0.25) is 14.2 Å². The number of aliphatic hydroxyl groups excluding tert-OH is 1. The van der Waals surface area contributed by atoms with Crippen molar-refractivity contribution in [1.29, 1.82) is 0 Å². The molecule has 0 spiro atoms. The summed E-state index contributed by atoms with van der Waals surface area (Å²) in [5.74, 6) is -2.38. The van der Waals surface area contributed by atoms with Crippen molar-refractivity contribution in [3.63, 3.8) is 0 Å². The average molecular weight is 1330 g/mol. The van der Waals surface area contributed by atoms with E-state index in [2.05, 4.69) is 58.8 Å². The Kier molecular flexibility index (Phi) is 24.3. The van der Waals surface area contributed by atoms with Crippen molar-refractivity contribution in [2.45, 2.75) is 129 Å². The largest absolute Gasteiger partial charge is 0.495 e. The molecule has 0 saturated heterocycles. The normalized spacial score (nSPS) is 17.2. The first-order chi connectivity index (χ1) is 43.9. The summed E-state index contributed by atoms with van der Waals surface area (Å²) < 4.78 is 137. The van der Waals surface area contributed by atoms with Gasteiger partial charge in [-0.05, 0) is 149 Å². The van der Waals surface area contributed by atoms with Crippen molar-refractivity contribution in [2.75, 3.05) is 75.0 Å². The molecule has 498 valence electrons. The highest BCUT2D eigenvalue weighted by molar-refractivity contribution is 7.59. The number of rotatable bonds is 29. The van der Waals surface area contributed by atoms with Gasteiger partial charge in [-0.1, -0.05) is 44.0 Å². The lowest BCUT2D eigenvalue weighted by Crippen LogP contribution is -2.29. The SMILES string of the molecule is CCOP(=O)(Cc1ccc(Nc2ncc(C(F)(F)F)c(Nc3ccc(C4CCC(O)CC4)cc3C(=O)NC)n2)c(OCCNC(=O)c2cc(C3CCC(C)CC3)ccc2Nc2nc(Nc3ccc(C[P+](O)(OCC)OCC)cc3OC)ncc2C(F)(F)F)c1)OCC. The number of aromatic nitrogens is 4. The summed E-state index contributed by atoms with van der Waals surface area (Å²) in [7, 11) is -4.19. The number of aliphatic hydroxyl groups is 1. The minimum Gasteiger partial charge on any atom is -0.495 e. The second-order valence-electron chi connectivity index (χ2n) is 22.3. The lowest BCUT2D eigenvalue weighted by Gasteiger charge is -2.27. The summed E-state index contributed by atoms with van der Waals surface area (Å²) in [6.45, 7) is 8.99. The first-order valence-electron chi connectivity index (χ1n) is 30.5. The molecular formula is C63H79F6N10O11P2+. The molecule has 2 heterocycles. The maximum absolute atomic E-state index is 14.9. The van der Waals surface area contributed by atoms with Crippen molar-refractivity contribution in [3.05, 3.63) is 130 Å². The van der Waals surface area contributed by atoms with Crippen LogP contribution in [0, 0.1) is 5.92 Å². The molecular weight excluding hydrogens is 1250 g/mol. The predicted molar refractivity (Wildman–Crippen MR) is 339 cm³/mol. The maximum atomic E-state index is 14.9. The third-order valence-electron chi connectivity index (χ3n) is 15.7. The Morgan fingerprint density at radius 3 is 1.60 bits per heavy atom. The van der Waals surface area contributed by atoms with Crippen molar-refractivity contribution < 1.29 is 78.1 Å². The minimum atomic E-state index is -4.96. The molecule has 0 radical (unpaired) electrons. The highest BCUT2D eigenvalue weighted by Gasteiger charge is 2.41. The summed E-state index contributed by atoms with van der Waals surface area (Å²) in [5.41, 5.74) is 0.560. The zero-order chi connectivity index (χ0) is 66.4. The highest BCUT2D eigenvalue weighted by Crippen LogP contribution is 2.60. The van der Waals surface area contributed by atoms with Gasteiger partial charge in [0.2, 0.25) is 11.9 Å². The molecule has 0 atom stereocenters. The summed E-state index contributed by atoms with van der Waals surface area (Å²) in [6.07, 6.45) is -3.37. The van der Waals surface area contributed by atoms with E-state index in [0.717, 1.165) is 36.8 Å². The van der Waals surface area contributed by atoms with E-state index in [0.29, 0.717) is 55.1 Å². The second-order valence-corrected chi connectivity index (χ2v) is 26.4. The molecule has 0 bridgehead atoms. The molecule has 8 rings (SSSR count). The first-order valence-corrected chi connectivity index (χ1v) is 34.0. The number of hydrogen-bond acceptors (Lipinski definition) is 19. The molecule has 2 amide bonds. The smallest absolute Gasteiger partial charge is 0.421 e. The topological polar surface area (TPSA) is 271 Å². The molecule has 8 N–H and O–H groups in total. The van der Waals surface area contributed by atoms with Crippen molar-refractivity contribution >= 4 is 73.6 Å². The van der Waals surface area contributed by atoms with Gasteiger partial charge < -0.3 is 55.5 Å². The van der Waals surface area contributed by atoms with Crippen LogP contribution in [0.25, 0.3) is 0 Å². The number of anilines is 8. The van der Waals surface area contributed by atoms with E-state index in [9.17, 15) is 50.5 Å². The number of carbonyl (C=O) groups excluding carboxylic acids is 2. The van der Waals surface area contributed by atoms with Crippen LogP contribution in [0.1, 0.15) is 152 Å². The molecule has 92 heavy (non-hydrogen) atoms. The summed E-state index contributed by atoms with van der Waals surface area (Å²) >= 11 is 0. The molecule has 0 aliphatic heterocycles. The molecule has 2 aliphatic rings. The average Bonchev–Trinajstić information content (AvgIpc) is 0.836. The van der Waals surface area contributed by atoms with Crippen molar-refractivity contribution in [2.24, 2.45) is 5.92 Å². The molecule has 29 heteroatoms. The van der Waals surface area contributed by atoms with Crippen LogP contribution in [0.3, 0.4) is 0 Å². The van der Waals surface area contributed by atoms with E-state index in [1.807, 2.05) is 0 Å². The molecule has 21 nitrogen and oxygen atoms in total. The second kappa shape index (κ2) is 31.6. The quantitative estimate of drug-likeness (QED) is 0.0123. The van der Waals surface area contributed by atoms with Gasteiger partial charge in [0.15, 0.2) is 6.16 Å². The van der Waals surface area contributed by atoms with Gasteiger partial charge in [-0.2, -0.15) is 50.3 Å². The zero-order valence-electron chi connectivity index (χ0n) is 52.2. The van der Waals surface area contributed by atoms with Crippen molar-refractivity contribution in [3.8, 4) is 11.5 Å². The van der Waals surface area contributed by atoms with E-state index in [-0.39, 0.29) is 121 Å². The Labute approximate surface area is 531 Å². The fourth-order valence-electron chi connectivity index (χ4n) is 11.1. The van der Waals surface area contributed by atoms with Crippen LogP contribution in [0.4, 0.5) is 72.6 Å². The Bertz CT molecular complexity index is 3540. The van der Waals surface area contributed by atoms with Gasteiger partial charge in [0.25, 0.3) is 11.8 Å². The number of nitrogens with one attached hydrogen (secondary N) is 6. The Hall–Kier alpha value is -7.22. The fraction of sp³-hybridized carbons (Fsp3) is 0.460. The van der Waals surface area contributed by atoms with Gasteiger partial charge in [0, 0.05) is 25.0 Å². The van der Waals surface area contributed by atoms with E-state index in [1.165, 1.54) is 38.4 Å². The molecule has 2 aromatic heterocycles. The summed E-state index contributed by atoms with van der Waals surface area (Å²) in [6, 6.07) is 19.2. The Morgan fingerprint density at radius 2 is 1.11 bits per heavy atom. The number of alkyl halides is 6. The lowest BCUT2D eigenvalue weighted by molar-refractivity contribution is -0.138. The van der Waals surface area contributed by atoms with Crippen LogP contribution in [0.2, 0.25) is 0 Å². The molecule has 4 aromatic carbocycles. The third kappa shape index (κ3) is 18.8. The van der Waals surface area contributed by atoms with E-state index in [4.69, 9.17) is 27.6 Å². The van der Waals surface area contributed by atoms with E-state index in [1.54, 1.807) is 76.2 Å². The Morgan fingerprint density at radius 1 is 0.630 bits per heavy atom. The van der Waals surface area contributed by atoms with E-state index < -0.39 is 68.6 Å². The molecule has 0 unspecified atom stereocenters. The molecule has 2 saturated carbocycles. The van der Waals surface area contributed by atoms with Gasteiger partial charge in [-0.25, -0.2) is 9.97 Å². The zero-order valence-corrected chi connectivity index (χ0v) is 54.0. The van der Waals surface area contributed by atoms with Crippen LogP contribution in [-0.4, -0.2) is 102 Å². The van der Waals surface area contributed by atoms with Crippen LogP contribution in [0.15, 0.2) is 85.2 Å². The van der Waals surface area contributed by atoms with Gasteiger partial charge >= 0.3 is 27.9 Å². The van der Waals surface area contributed by atoms with Crippen LogP contribution >= 0.6 is 15.5 Å². The van der Waals surface area contributed by atoms with E-state index >= 15 is 0 Å². The maximum Gasteiger partial charge on any atom is 0.421 e. The summed E-state index contributed by atoms with van der Waals surface area (Å²) in [4.78, 5) is 55.4. The van der Waals surface area contributed by atoms with Crippen LogP contribution in [-0.2, 0) is 47.3 Å². The number of nitrogens with zero attached hydrogens (tertiary/aromatic N) is 4. The number of benzene rings is 4. The summed E-state index contributed by atoms with van der Waals surface area (Å²) in [5, 5.41) is 26.8. The van der Waals surface area contributed by atoms with Gasteiger partial charge in [0.05, 0.1) is 86.2 Å². The lowest BCUT2D eigenvalue weighted by atomic mass is 9.79. The standard InChI is InChI=1S/C63H78F6N10O11P2/c1-8-87-91(83,88-9-2)36-39-14-24-52(54(30-39)85-7)76-60-72-34-49(63(67,68)69)57(78-60)75-51-27-21-44(41-16-12-38(5)13-17-41)33-47(51)59(82)71-28-29-86-55-31-40(37-92(84,89-10-3)90-11-4)15-25-53(55)77-61-73-35-48(62(64,65)66)56(79-61)74-50-26-20-43(32-46(50)58(81)70-6)42-18-22-45(80)23-19-42/h14-15,20-21,24-27,30-35,38,41-42,45,80,83H,8-13,16-19,22-23,28-29,36-37H2,1-7H3,(H5-,70,71,72,73,74,75,76,77,78,79,81,82)/p+1. The molecule has 2 fully saturated rings. The monoisotopic (exact) mass is 1330 g/mol. The van der Waals surface area contributed by atoms with Crippen LogP contribution in [0.5, 0.6) is 11.5 Å². The number of amides is 2. The third-order valence-corrected chi connectivity index (χ3v) is 19.8. The number of methoxy groups -OCH3 is 1. The fourth-order valence-corrected chi connectivity index (χ4v) is 14.5. The van der Waals surface area contributed by atoms with Crippen molar-refractivity contribution in [1.82, 2.24) is 30.6 Å². The predicted octanol–water partition coefficient (Wildman–Crippen LogP) is 14.9. The van der Waals surface area contributed by atoms with Gasteiger partial charge in [-0.15, -0.1) is 0 Å². The number of halogens is 6. The Balaban J connectivity index is 1.07.